The Morgan fingerprint density at radius 1 is 1.50 bits per heavy atom. The number of aliphatic hydroxyl groups is 1. The number of nitrogens with one attached hydrogen (secondary N) is 1. The predicted molar refractivity (Wildman–Crippen MR) is 80.6 cm³/mol. The number of halogens is 1. The number of aromatic nitrogens is 2. The Balaban J connectivity index is 1.89. The molecule has 0 saturated heterocycles. The van der Waals surface area contributed by atoms with Crippen LogP contribution in [0.25, 0.3) is 0 Å². The Morgan fingerprint density at radius 3 is 3.06 bits per heavy atom. The van der Waals surface area contributed by atoms with Gasteiger partial charge in [0.1, 0.15) is 0 Å². The Labute approximate surface area is 120 Å². The van der Waals surface area contributed by atoms with Gasteiger partial charge >= 0.3 is 0 Å². The maximum atomic E-state index is 9.92. The van der Waals surface area contributed by atoms with Crippen LogP contribution in [-0.2, 0) is 6.54 Å². The van der Waals surface area contributed by atoms with E-state index < -0.39 is 6.10 Å². The molecule has 0 radical (unpaired) electrons. The fourth-order valence-electron chi connectivity index (χ4n) is 1.70. The van der Waals surface area contributed by atoms with E-state index in [0.717, 1.165) is 5.69 Å². The SMILES string of the molecule is Cc1ccc(I)cc1NCC(O)Cn1cccn1. The van der Waals surface area contributed by atoms with E-state index in [-0.39, 0.29) is 0 Å². The topological polar surface area (TPSA) is 50.1 Å². The first-order valence-corrected chi connectivity index (χ1v) is 6.88. The Bertz CT molecular complexity index is 499. The van der Waals surface area contributed by atoms with Crippen LogP contribution in [0.3, 0.4) is 0 Å². The fraction of sp³-hybridized carbons (Fsp3) is 0.308. The lowest BCUT2D eigenvalue weighted by atomic mass is 10.2. The van der Waals surface area contributed by atoms with Crippen LogP contribution in [0.5, 0.6) is 0 Å². The van der Waals surface area contributed by atoms with Crippen molar-refractivity contribution in [3.8, 4) is 0 Å². The highest BCUT2D eigenvalue weighted by molar-refractivity contribution is 14.1. The molecule has 0 saturated carbocycles. The highest BCUT2D eigenvalue weighted by Gasteiger charge is 2.06. The van der Waals surface area contributed by atoms with E-state index in [0.29, 0.717) is 13.1 Å². The predicted octanol–water partition coefficient (Wildman–Crippen LogP) is 2.27. The van der Waals surface area contributed by atoms with Gasteiger partial charge in [-0.05, 0) is 53.3 Å². The molecule has 2 rings (SSSR count). The number of nitrogens with zero attached hydrogens (tertiary/aromatic N) is 2. The third kappa shape index (κ3) is 3.71. The molecule has 18 heavy (non-hydrogen) atoms. The van der Waals surface area contributed by atoms with Crippen LogP contribution in [-0.4, -0.2) is 27.5 Å². The molecule has 1 heterocycles. The molecule has 2 N–H and O–H groups in total. The molecule has 0 aliphatic rings. The number of rotatable bonds is 5. The molecule has 0 amide bonds. The van der Waals surface area contributed by atoms with Gasteiger partial charge in [-0.15, -0.1) is 0 Å². The number of anilines is 1. The zero-order valence-electron chi connectivity index (χ0n) is 10.2. The van der Waals surface area contributed by atoms with Crippen LogP contribution in [0.15, 0.2) is 36.7 Å². The molecular weight excluding hydrogens is 341 g/mol. The number of aliphatic hydroxyl groups excluding tert-OH is 1. The van der Waals surface area contributed by atoms with Crippen molar-refractivity contribution in [2.45, 2.75) is 19.6 Å². The molecule has 96 valence electrons. The Morgan fingerprint density at radius 2 is 2.33 bits per heavy atom. The maximum Gasteiger partial charge on any atom is 0.0907 e. The van der Waals surface area contributed by atoms with Crippen LogP contribution in [0.4, 0.5) is 5.69 Å². The zero-order chi connectivity index (χ0) is 13.0. The van der Waals surface area contributed by atoms with E-state index in [4.69, 9.17) is 0 Å². The molecule has 0 fully saturated rings. The zero-order valence-corrected chi connectivity index (χ0v) is 12.3. The first kappa shape index (κ1) is 13.4. The lowest BCUT2D eigenvalue weighted by Gasteiger charge is -2.14. The molecule has 0 aliphatic heterocycles. The summed E-state index contributed by atoms with van der Waals surface area (Å²) in [6, 6.07) is 8.08. The van der Waals surface area contributed by atoms with Gasteiger partial charge in [0.2, 0.25) is 0 Å². The van der Waals surface area contributed by atoms with Crippen LogP contribution in [0.2, 0.25) is 0 Å². The molecule has 1 atom stereocenters. The normalized spacial score (nSPS) is 12.4. The van der Waals surface area contributed by atoms with E-state index in [2.05, 4.69) is 58.1 Å². The summed E-state index contributed by atoms with van der Waals surface area (Å²) in [6.07, 6.45) is 3.10. The van der Waals surface area contributed by atoms with Crippen LogP contribution in [0, 0.1) is 10.5 Å². The van der Waals surface area contributed by atoms with Gasteiger partial charge in [-0.25, -0.2) is 0 Å². The summed E-state index contributed by atoms with van der Waals surface area (Å²) in [6.45, 7) is 3.07. The Kier molecular flexibility index (Phi) is 4.60. The summed E-state index contributed by atoms with van der Waals surface area (Å²) in [4.78, 5) is 0. The molecule has 1 unspecified atom stereocenters. The van der Waals surface area contributed by atoms with Crippen molar-refractivity contribution in [1.29, 1.82) is 0 Å². The molecule has 4 nitrogen and oxygen atoms in total. The second-order valence-electron chi connectivity index (χ2n) is 4.22. The van der Waals surface area contributed by atoms with Crippen LogP contribution in [0.1, 0.15) is 5.56 Å². The van der Waals surface area contributed by atoms with Gasteiger partial charge in [0, 0.05) is 28.2 Å². The Hall–Kier alpha value is -1.08. The van der Waals surface area contributed by atoms with Gasteiger partial charge in [-0.2, -0.15) is 5.10 Å². The van der Waals surface area contributed by atoms with Gasteiger partial charge in [-0.1, -0.05) is 6.07 Å². The van der Waals surface area contributed by atoms with Crippen molar-refractivity contribution in [1.82, 2.24) is 9.78 Å². The minimum atomic E-state index is -0.456. The van der Waals surface area contributed by atoms with E-state index in [1.165, 1.54) is 9.13 Å². The van der Waals surface area contributed by atoms with Crippen molar-refractivity contribution in [3.63, 3.8) is 0 Å². The monoisotopic (exact) mass is 357 g/mol. The van der Waals surface area contributed by atoms with Gasteiger partial charge in [0.15, 0.2) is 0 Å². The third-order valence-electron chi connectivity index (χ3n) is 2.68. The number of hydrogen-bond acceptors (Lipinski definition) is 3. The van der Waals surface area contributed by atoms with Crippen molar-refractivity contribution < 1.29 is 5.11 Å². The quantitative estimate of drug-likeness (QED) is 0.808. The summed E-state index contributed by atoms with van der Waals surface area (Å²) >= 11 is 2.28. The summed E-state index contributed by atoms with van der Waals surface area (Å²) in [7, 11) is 0. The van der Waals surface area contributed by atoms with E-state index in [1.807, 2.05) is 12.3 Å². The highest BCUT2D eigenvalue weighted by atomic mass is 127. The average molecular weight is 357 g/mol. The van der Waals surface area contributed by atoms with Crippen molar-refractivity contribution in [3.05, 3.63) is 45.8 Å². The van der Waals surface area contributed by atoms with Crippen molar-refractivity contribution in [2.24, 2.45) is 0 Å². The van der Waals surface area contributed by atoms with Gasteiger partial charge in [0.05, 0.1) is 12.6 Å². The minimum absolute atomic E-state index is 0.456. The smallest absolute Gasteiger partial charge is 0.0907 e. The van der Waals surface area contributed by atoms with Gasteiger partial charge in [0.25, 0.3) is 0 Å². The number of hydrogen-bond donors (Lipinski definition) is 2. The average Bonchev–Trinajstić information content (AvgIpc) is 2.83. The fourth-order valence-corrected chi connectivity index (χ4v) is 2.19. The molecule has 1 aromatic heterocycles. The second kappa shape index (κ2) is 6.19. The van der Waals surface area contributed by atoms with Crippen LogP contribution < -0.4 is 5.32 Å². The molecular formula is C13H16IN3O. The molecule has 1 aromatic carbocycles. The largest absolute Gasteiger partial charge is 0.389 e. The van der Waals surface area contributed by atoms with Gasteiger partial charge in [-0.3, -0.25) is 4.68 Å². The molecule has 0 spiro atoms. The van der Waals surface area contributed by atoms with E-state index in [9.17, 15) is 5.11 Å². The summed E-state index contributed by atoms with van der Waals surface area (Å²) in [5, 5.41) is 17.3. The van der Waals surface area contributed by atoms with Crippen molar-refractivity contribution in [2.75, 3.05) is 11.9 Å². The first-order chi connectivity index (χ1) is 8.65. The van der Waals surface area contributed by atoms with Gasteiger partial charge < -0.3 is 10.4 Å². The lowest BCUT2D eigenvalue weighted by Crippen LogP contribution is -2.25. The third-order valence-corrected chi connectivity index (χ3v) is 3.36. The van der Waals surface area contributed by atoms with Crippen molar-refractivity contribution >= 4 is 28.3 Å². The second-order valence-corrected chi connectivity index (χ2v) is 5.47. The van der Waals surface area contributed by atoms with E-state index >= 15 is 0 Å². The minimum Gasteiger partial charge on any atom is -0.389 e. The maximum absolute atomic E-state index is 9.92. The van der Waals surface area contributed by atoms with Crippen LogP contribution >= 0.6 is 22.6 Å². The summed E-state index contributed by atoms with van der Waals surface area (Å²) in [5.41, 5.74) is 2.25. The number of benzene rings is 1. The first-order valence-electron chi connectivity index (χ1n) is 5.80. The number of aryl methyl sites for hydroxylation is 1. The summed E-state index contributed by atoms with van der Waals surface area (Å²) in [5.74, 6) is 0. The standard InChI is InChI=1S/C13H16IN3O/c1-10-3-4-11(14)7-13(10)15-8-12(18)9-17-6-2-5-16-17/h2-7,12,15,18H,8-9H2,1H3. The summed E-state index contributed by atoms with van der Waals surface area (Å²) < 4.78 is 2.91. The highest BCUT2D eigenvalue weighted by Crippen LogP contribution is 2.18. The molecule has 0 aliphatic carbocycles. The van der Waals surface area contributed by atoms with E-state index in [1.54, 1.807) is 10.9 Å². The lowest BCUT2D eigenvalue weighted by molar-refractivity contribution is 0.161. The molecule has 5 heteroatoms. The molecule has 2 aromatic rings. The molecule has 0 bridgehead atoms.